The number of ether oxygens (including phenoxy) is 1. The van der Waals surface area contributed by atoms with Gasteiger partial charge in [-0.05, 0) is 38.6 Å². The average Bonchev–Trinajstić information content (AvgIpc) is 2.22. The first-order valence-electron chi connectivity index (χ1n) is 6.28. The quantitative estimate of drug-likeness (QED) is 0.710. The van der Waals surface area contributed by atoms with Gasteiger partial charge in [0.15, 0.2) is 0 Å². The molecule has 0 spiro atoms. The number of rotatable bonds is 1. The van der Waals surface area contributed by atoms with E-state index in [1.165, 1.54) is 25.9 Å². The fraction of sp³-hybridized carbons (Fsp3) is 1.00. The molecule has 2 saturated heterocycles. The molecule has 2 fully saturated rings. The molecule has 0 saturated carbocycles. The highest BCUT2D eigenvalue weighted by Crippen LogP contribution is 2.24. The lowest BCUT2D eigenvalue weighted by atomic mass is 9.91. The highest BCUT2D eigenvalue weighted by atomic mass is 16.5. The first kappa shape index (κ1) is 11.4. The fourth-order valence-corrected chi connectivity index (χ4v) is 2.83. The average molecular weight is 212 g/mol. The van der Waals surface area contributed by atoms with Crippen molar-refractivity contribution in [2.45, 2.75) is 51.3 Å². The summed E-state index contributed by atoms with van der Waals surface area (Å²) in [4.78, 5) is 2.63. The van der Waals surface area contributed by atoms with Crippen molar-refractivity contribution in [3.05, 3.63) is 0 Å². The van der Waals surface area contributed by atoms with E-state index in [0.717, 1.165) is 19.1 Å². The molecule has 4 atom stereocenters. The van der Waals surface area contributed by atoms with E-state index in [0.29, 0.717) is 18.1 Å². The molecule has 2 rings (SSSR count). The van der Waals surface area contributed by atoms with E-state index in [2.05, 4.69) is 18.7 Å². The van der Waals surface area contributed by atoms with Gasteiger partial charge in [0, 0.05) is 25.2 Å². The van der Waals surface area contributed by atoms with Gasteiger partial charge >= 0.3 is 0 Å². The molecular formula is C12H24N2O. The largest absolute Gasteiger partial charge is 0.378 e. The third kappa shape index (κ3) is 2.71. The predicted octanol–water partition coefficient (Wildman–Crippen LogP) is 1.22. The Hall–Kier alpha value is -0.120. The van der Waals surface area contributed by atoms with E-state index < -0.39 is 0 Å². The number of likely N-dealkylation sites (tertiary alicyclic amines) is 1. The molecule has 0 aliphatic carbocycles. The molecule has 0 aromatic heterocycles. The molecule has 0 aromatic rings. The third-order valence-electron chi connectivity index (χ3n) is 3.98. The molecule has 0 aromatic carbocycles. The molecule has 2 N–H and O–H groups in total. The number of nitrogens with zero attached hydrogens (tertiary/aromatic N) is 1. The van der Waals surface area contributed by atoms with Crippen molar-refractivity contribution in [2.75, 3.05) is 19.7 Å². The number of nitrogens with two attached hydrogens (primary N) is 1. The molecule has 3 nitrogen and oxygen atoms in total. The van der Waals surface area contributed by atoms with Crippen LogP contribution in [0.1, 0.15) is 33.1 Å². The maximum atomic E-state index is 6.05. The molecule has 15 heavy (non-hydrogen) atoms. The molecule has 0 amide bonds. The Kier molecular flexibility index (Phi) is 3.65. The zero-order valence-electron chi connectivity index (χ0n) is 9.98. The van der Waals surface area contributed by atoms with Gasteiger partial charge in [-0.15, -0.1) is 0 Å². The van der Waals surface area contributed by atoms with E-state index in [9.17, 15) is 0 Å². The Labute approximate surface area is 93.0 Å². The zero-order valence-corrected chi connectivity index (χ0v) is 9.98. The van der Waals surface area contributed by atoms with Crippen molar-refractivity contribution in [3.8, 4) is 0 Å². The minimum atomic E-state index is 0.415. The summed E-state index contributed by atoms with van der Waals surface area (Å²) in [6.45, 7) is 7.76. The molecular weight excluding hydrogens is 188 g/mol. The second kappa shape index (κ2) is 4.81. The molecule has 0 bridgehead atoms. The van der Waals surface area contributed by atoms with Crippen molar-refractivity contribution in [1.82, 2.24) is 4.90 Å². The topological polar surface area (TPSA) is 38.5 Å². The molecule has 2 heterocycles. The Balaban J connectivity index is 1.87. The van der Waals surface area contributed by atoms with E-state index in [-0.39, 0.29) is 0 Å². The van der Waals surface area contributed by atoms with Crippen LogP contribution in [-0.2, 0) is 4.74 Å². The normalized spacial score (nSPS) is 44.2. The first-order chi connectivity index (χ1) is 7.16. The third-order valence-corrected chi connectivity index (χ3v) is 3.98. The lowest BCUT2D eigenvalue weighted by Gasteiger charge is -2.42. The molecule has 4 unspecified atom stereocenters. The van der Waals surface area contributed by atoms with Gasteiger partial charge in [0.05, 0.1) is 6.10 Å². The van der Waals surface area contributed by atoms with Gasteiger partial charge in [0.2, 0.25) is 0 Å². The van der Waals surface area contributed by atoms with Crippen LogP contribution in [0.25, 0.3) is 0 Å². The number of hydrogen-bond acceptors (Lipinski definition) is 3. The van der Waals surface area contributed by atoms with Crippen molar-refractivity contribution in [3.63, 3.8) is 0 Å². The van der Waals surface area contributed by atoms with Crippen LogP contribution in [0, 0.1) is 5.92 Å². The van der Waals surface area contributed by atoms with Gasteiger partial charge in [-0.2, -0.15) is 0 Å². The predicted molar refractivity (Wildman–Crippen MR) is 61.8 cm³/mol. The van der Waals surface area contributed by atoms with Gasteiger partial charge in [0.1, 0.15) is 0 Å². The summed E-state index contributed by atoms with van der Waals surface area (Å²) in [6, 6.07) is 1.15. The molecule has 2 aliphatic rings. The maximum Gasteiger partial charge on any atom is 0.0561 e. The van der Waals surface area contributed by atoms with Crippen LogP contribution in [0.5, 0.6) is 0 Å². The van der Waals surface area contributed by atoms with Gasteiger partial charge < -0.3 is 10.5 Å². The summed E-state index contributed by atoms with van der Waals surface area (Å²) >= 11 is 0. The van der Waals surface area contributed by atoms with Crippen molar-refractivity contribution < 1.29 is 4.74 Å². The minimum absolute atomic E-state index is 0.415. The molecule has 2 aliphatic heterocycles. The summed E-state index contributed by atoms with van der Waals surface area (Å²) in [6.07, 6.45) is 4.00. The monoisotopic (exact) mass is 212 g/mol. The maximum absolute atomic E-state index is 6.05. The highest BCUT2D eigenvalue weighted by Gasteiger charge is 2.30. The van der Waals surface area contributed by atoms with Gasteiger partial charge in [-0.1, -0.05) is 6.92 Å². The van der Waals surface area contributed by atoms with Crippen LogP contribution in [0.3, 0.4) is 0 Å². The summed E-state index contributed by atoms with van der Waals surface area (Å²) in [5.41, 5.74) is 6.05. The van der Waals surface area contributed by atoms with Crippen molar-refractivity contribution in [2.24, 2.45) is 11.7 Å². The SMILES string of the molecule is CC1CC(N2CCC(N)C(C)C2)CCO1. The van der Waals surface area contributed by atoms with Crippen LogP contribution < -0.4 is 5.73 Å². The van der Waals surface area contributed by atoms with E-state index in [4.69, 9.17) is 10.5 Å². The van der Waals surface area contributed by atoms with E-state index in [1.807, 2.05) is 0 Å². The lowest BCUT2D eigenvalue weighted by Crippen LogP contribution is -2.51. The highest BCUT2D eigenvalue weighted by molar-refractivity contribution is 4.86. The minimum Gasteiger partial charge on any atom is -0.378 e. The Bertz CT molecular complexity index is 210. The number of hydrogen-bond donors (Lipinski definition) is 1. The zero-order chi connectivity index (χ0) is 10.8. The van der Waals surface area contributed by atoms with Crippen LogP contribution in [-0.4, -0.2) is 42.8 Å². The second-order valence-corrected chi connectivity index (χ2v) is 5.28. The summed E-state index contributed by atoms with van der Waals surface area (Å²) in [5, 5.41) is 0. The summed E-state index contributed by atoms with van der Waals surface area (Å²) in [7, 11) is 0. The van der Waals surface area contributed by atoms with Gasteiger partial charge in [0.25, 0.3) is 0 Å². The Morgan fingerprint density at radius 2 is 2.07 bits per heavy atom. The standard InChI is InChI=1S/C12H24N2O/c1-9-8-14(5-3-12(9)13)11-4-6-15-10(2)7-11/h9-12H,3-8,13H2,1-2H3. The van der Waals surface area contributed by atoms with Crippen LogP contribution in [0.15, 0.2) is 0 Å². The summed E-state index contributed by atoms with van der Waals surface area (Å²) in [5.74, 6) is 0.650. The lowest BCUT2D eigenvalue weighted by molar-refractivity contribution is -0.0274. The van der Waals surface area contributed by atoms with E-state index >= 15 is 0 Å². The Morgan fingerprint density at radius 1 is 1.27 bits per heavy atom. The van der Waals surface area contributed by atoms with Crippen LogP contribution >= 0.6 is 0 Å². The second-order valence-electron chi connectivity index (χ2n) is 5.28. The molecule has 3 heteroatoms. The van der Waals surface area contributed by atoms with Crippen molar-refractivity contribution >= 4 is 0 Å². The van der Waals surface area contributed by atoms with Gasteiger partial charge in [-0.25, -0.2) is 0 Å². The molecule has 0 radical (unpaired) electrons. The fourth-order valence-electron chi connectivity index (χ4n) is 2.83. The first-order valence-corrected chi connectivity index (χ1v) is 6.28. The Morgan fingerprint density at radius 3 is 2.73 bits per heavy atom. The smallest absolute Gasteiger partial charge is 0.0561 e. The van der Waals surface area contributed by atoms with E-state index in [1.54, 1.807) is 0 Å². The van der Waals surface area contributed by atoms with Crippen molar-refractivity contribution in [1.29, 1.82) is 0 Å². The van der Waals surface area contributed by atoms with Crippen LogP contribution in [0.4, 0.5) is 0 Å². The molecule has 88 valence electrons. The van der Waals surface area contributed by atoms with Gasteiger partial charge in [-0.3, -0.25) is 4.90 Å². The van der Waals surface area contributed by atoms with Crippen LogP contribution in [0.2, 0.25) is 0 Å². The summed E-state index contributed by atoms with van der Waals surface area (Å²) < 4.78 is 5.60. The number of piperidine rings is 1.